The lowest BCUT2D eigenvalue weighted by atomic mass is 9.83. The Labute approximate surface area is 117 Å². The van der Waals surface area contributed by atoms with Gasteiger partial charge in [0.25, 0.3) is 0 Å². The molecule has 2 heterocycles. The van der Waals surface area contributed by atoms with Crippen LogP contribution in [0.15, 0.2) is 24.3 Å². The van der Waals surface area contributed by atoms with Crippen molar-refractivity contribution in [3.05, 3.63) is 29.8 Å². The number of piperidine rings is 1. The molecule has 0 amide bonds. The van der Waals surface area contributed by atoms with Crippen LogP contribution < -0.4 is 10.2 Å². The zero-order chi connectivity index (χ0) is 13.1. The van der Waals surface area contributed by atoms with Gasteiger partial charge in [0.2, 0.25) is 0 Å². The van der Waals surface area contributed by atoms with E-state index in [1.807, 2.05) is 0 Å². The summed E-state index contributed by atoms with van der Waals surface area (Å²) in [6.07, 6.45) is 5.29. The molecule has 0 bridgehead atoms. The molecule has 2 fully saturated rings. The van der Waals surface area contributed by atoms with Crippen LogP contribution in [0.1, 0.15) is 31.7 Å². The highest BCUT2D eigenvalue weighted by atomic mass is 15.1. The van der Waals surface area contributed by atoms with Gasteiger partial charge in [0.05, 0.1) is 0 Å². The highest BCUT2D eigenvalue weighted by molar-refractivity contribution is 5.48. The molecule has 104 valence electrons. The van der Waals surface area contributed by atoms with Gasteiger partial charge in [-0.05, 0) is 68.3 Å². The van der Waals surface area contributed by atoms with Crippen molar-refractivity contribution in [2.75, 3.05) is 31.1 Å². The Balaban J connectivity index is 1.56. The highest BCUT2D eigenvalue weighted by Gasteiger charge is 2.28. The lowest BCUT2D eigenvalue weighted by molar-refractivity contribution is 0.292. The van der Waals surface area contributed by atoms with E-state index in [1.54, 1.807) is 0 Å². The monoisotopic (exact) mass is 258 g/mol. The highest BCUT2D eigenvalue weighted by Crippen LogP contribution is 2.31. The lowest BCUT2D eigenvalue weighted by Gasteiger charge is -2.36. The van der Waals surface area contributed by atoms with E-state index in [2.05, 4.69) is 41.4 Å². The van der Waals surface area contributed by atoms with E-state index in [4.69, 9.17) is 0 Å². The van der Waals surface area contributed by atoms with E-state index in [9.17, 15) is 0 Å². The van der Waals surface area contributed by atoms with Crippen LogP contribution in [-0.4, -0.2) is 26.2 Å². The van der Waals surface area contributed by atoms with Gasteiger partial charge in [0.15, 0.2) is 0 Å². The normalized spacial score (nSPS) is 24.9. The van der Waals surface area contributed by atoms with Crippen molar-refractivity contribution in [1.82, 2.24) is 5.32 Å². The van der Waals surface area contributed by atoms with Crippen molar-refractivity contribution in [2.24, 2.45) is 11.8 Å². The number of benzene rings is 1. The Morgan fingerprint density at radius 1 is 1.05 bits per heavy atom. The van der Waals surface area contributed by atoms with Gasteiger partial charge in [-0.1, -0.05) is 19.1 Å². The molecule has 1 atom stereocenters. The minimum Gasteiger partial charge on any atom is -0.372 e. The van der Waals surface area contributed by atoms with Crippen LogP contribution >= 0.6 is 0 Å². The third kappa shape index (κ3) is 2.94. The van der Waals surface area contributed by atoms with Crippen LogP contribution in [0.3, 0.4) is 0 Å². The third-order valence-electron chi connectivity index (χ3n) is 5.01. The molecular formula is C17H26N2. The first-order valence-corrected chi connectivity index (χ1v) is 7.91. The molecule has 3 rings (SSSR count). The number of hydrogen-bond donors (Lipinski definition) is 1. The molecule has 1 N–H and O–H groups in total. The number of hydrogen-bond acceptors (Lipinski definition) is 2. The lowest BCUT2D eigenvalue weighted by Crippen LogP contribution is -2.36. The first-order chi connectivity index (χ1) is 9.36. The van der Waals surface area contributed by atoms with Crippen molar-refractivity contribution in [2.45, 2.75) is 32.6 Å². The smallest absolute Gasteiger partial charge is 0.0366 e. The Kier molecular flexibility index (Phi) is 4.07. The second kappa shape index (κ2) is 5.96. The van der Waals surface area contributed by atoms with Crippen molar-refractivity contribution in [1.29, 1.82) is 0 Å². The van der Waals surface area contributed by atoms with Crippen LogP contribution in [0.4, 0.5) is 5.69 Å². The molecule has 1 aromatic rings. The average molecular weight is 258 g/mol. The topological polar surface area (TPSA) is 15.3 Å². The molecule has 2 aliphatic rings. The van der Waals surface area contributed by atoms with Crippen molar-refractivity contribution < 1.29 is 0 Å². The third-order valence-corrected chi connectivity index (χ3v) is 5.01. The molecule has 1 aromatic carbocycles. The quantitative estimate of drug-likeness (QED) is 0.896. The van der Waals surface area contributed by atoms with Crippen LogP contribution in [0.5, 0.6) is 0 Å². The summed E-state index contributed by atoms with van der Waals surface area (Å²) in [5.41, 5.74) is 2.86. The fraction of sp³-hybridized carbons (Fsp3) is 0.647. The summed E-state index contributed by atoms with van der Waals surface area (Å²) in [7, 11) is 0. The molecule has 0 aromatic heterocycles. The van der Waals surface area contributed by atoms with Gasteiger partial charge < -0.3 is 10.2 Å². The number of anilines is 1. The zero-order valence-electron chi connectivity index (χ0n) is 12.1. The largest absolute Gasteiger partial charge is 0.372 e. The standard InChI is InChI=1S/C17H26N2/c1-2-14-3-5-17(6-4-14)19-11-8-15(9-12-19)16-7-10-18-13-16/h3-6,15-16,18H,2,7-13H2,1H3. The molecule has 2 heteroatoms. The first-order valence-electron chi connectivity index (χ1n) is 7.91. The molecular weight excluding hydrogens is 232 g/mol. The zero-order valence-corrected chi connectivity index (χ0v) is 12.1. The van der Waals surface area contributed by atoms with E-state index in [1.165, 1.54) is 56.7 Å². The van der Waals surface area contributed by atoms with Gasteiger partial charge in [-0.15, -0.1) is 0 Å². The van der Waals surface area contributed by atoms with Gasteiger partial charge in [0, 0.05) is 18.8 Å². The van der Waals surface area contributed by atoms with Gasteiger partial charge in [-0.2, -0.15) is 0 Å². The predicted molar refractivity (Wildman–Crippen MR) is 81.7 cm³/mol. The summed E-state index contributed by atoms with van der Waals surface area (Å²) >= 11 is 0. The molecule has 0 saturated carbocycles. The van der Waals surface area contributed by atoms with Crippen molar-refractivity contribution >= 4 is 5.69 Å². The van der Waals surface area contributed by atoms with E-state index in [0.717, 1.165) is 18.3 Å². The maximum atomic E-state index is 3.51. The minimum atomic E-state index is 0.949. The summed E-state index contributed by atoms with van der Waals surface area (Å²) in [6.45, 7) is 7.20. The van der Waals surface area contributed by atoms with Gasteiger partial charge in [-0.25, -0.2) is 0 Å². The van der Waals surface area contributed by atoms with Crippen LogP contribution in [0, 0.1) is 11.8 Å². The fourth-order valence-electron chi connectivity index (χ4n) is 3.65. The van der Waals surface area contributed by atoms with Gasteiger partial charge >= 0.3 is 0 Å². The Hall–Kier alpha value is -1.02. The molecule has 2 saturated heterocycles. The van der Waals surface area contributed by atoms with Crippen LogP contribution in [-0.2, 0) is 6.42 Å². The molecule has 19 heavy (non-hydrogen) atoms. The molecule has 0 spiro atoms. The fourth-order valence-corrected chi connectivity index (χ4v) is 3.65. The number of nitrogens with one attached hydrogen (secondary N) is 1. The van der Waals surface area contributed by atoms with E-state index in [-0.39, 0.29) is 0 Å². The maximum Gasteiger partial charge on any atom is 0.0366 e. The second-order valence-corrected chi connectivity index (χ2v) is 6.10. The van der Waals surface area contributed by atoms with E-state index >= 15 is 0 Å². The minimum absolute atomic E-state index is 0.949. The molecule has 0 radical (unpaired) electrons. The summed E-state index contributed by atoms with van der Waals surface area (Å²) in [5.74, 6) is 1.91. The summed E-state index contributed by atoms with van der Waals surface area (Å²) < 4.78 is 0. The van der Waals surface area contributed by atoms with Crippen LogP contribution in [0.25, 0.3) is 0 Å². The molecule has 2 nitrogen and oxygen atoms in total. The number of rotatable bonds is 3. The van der Waals surface area contributed by atoms with Crippen molar-refractivity contribution in [3.63, 3.8) is 0 Å². The number of nitrogens with zero attached hydrogens (tertiary/aromatic N) is 1. The van der Waals surface area contributed by atoms with E-state index < -0.39 is 0 Å². The predicted octanol–water partition coefficient (Wildman–Crippen LogP) is 3.07. The maximum absolute atomic E-state index is 3.51. The van der Waals surface area contributed by atoms with Crippen LogP contribution in [0.2, 0.25) is 0 Å². The summed E-state index contributed by atoms with van der Waals surface area (Å²) in [4.78, 5) is 2.57. The molecule has 0 aliphatic carbocycles. The second-order valence-electron chi connectivity index (χ2n) is 6.10. The Morgan fingerprint density at radius 2 is 1.79 bits per heavy atom. The summed E-state index contributed by atoms with van der Waals surface area (Å²) in [5, 5.41) is 3.51. The Morgan fingerprint density at radius 3 is 2.37 bits per heavy atom. The average Bonchev–Trinajstić information content (AvgIpc) is 3.02. The number of aryl methyl sites for hydroxylation is 1. The molecule has 1 unspecified atom stereocenters. The van der Waals surface area contributed by atoms with Gasteiger partial charge in [0.1, 0.15) is 0 Å². The van der Waals surface area contributed by atoms with Gasteiger partial charge in [-0.3, -0.25) is 0 Å². The van der Waals surface area contributed by atoms with Crippen molar-refractivity contribution in [3.8, 4) is 0 Å². The first kappa shape index (κ1) is 13.0. The van der Waals surface area contributed by atoms with E-state index in [0.29, 0.717) is 0 Å². The SMILES string of the molecule is CCc1ccc(N2CCC(C3CCNC3)CC2)cc1. The molecule has 2 aliphatic heterocycles. The Bertz CT molecular complexity index is 384. The summed E-state index contributed by atoms with van der Waals surface area (Å²) in [6, 6.07) is 9.16.